The molecule has 2 aromatic rings. The van der Waals surface area contributed by atoms with E-state index in [2.05, 4.69) is 33.9 Å². The van der Waals surface area contributed by atoms with E-state index in [1.165, 1.54) is 50.2 Å². The topological polar surface area (TPSA) is 140 Å². The van der Waals surface area contributed by atoms with Gasteiger partial charge in [-0.25, -0.2) is 4.79 Å². The Balaban J connectivity index is 2.41. The predicted molar refractivity (Wildman–Crippen MR) is 149 cm³/mol. The van der Waals surface area contributed by atoms with Gasteiger partial charge in [0, 0.05) is 35.3 Å². The average Bonchev–Trinajstić information content (AvgIpc) is 2.86. The summed E-state index contributed by atoms with van der Waals surface area (Å²) < 4.78 is 22.3. The van der Waals surface area contributed by atoms with Gasteiger partial charge in [0.05, 0.1) is 24.7 Å². The van der Waals surface area contributed by atoms with Crippen molar-refractivity contribution >= 4 is 37.7 Å². The molecule has 12 heteroatoms. The second kappa shape index (κ2) is 13.1. The number of hydrogen-bond donors (Lipinski definition) is 1. The molecule has 0 spiro atoms. The molecule has 0 bridgehead atoms. The fourth-order valence-corrected chi connectivity index (χ4v) is 5.08. The number of benzene rings is 2. The average molecular weight is 565 g/mol. The SMILES string of the molecule is COC(=O)C(N)CSCc1c(O[Si](C)(C)C(C)(C)C)cc(OC)cc1C(=O)OCc1ccc([N+](=O)[O-])cc1. The summed E-state index contributed by atoms with van der Waals surface area (Å²) in [4.78, 5) is 35.5. The van der Waals surface area contributed by atoms with Gasteiger partial charge >= 0.3 is 11.9 Å². The van der Waals surface area contributed by atoms with Crippen LogP contribution in [-0.2, 0) is 26.6 Å². The first-order valence-electron chi connectivity index (χ1n) is 11.9. The van der Waals surface area contributed by atoms with Gasteiger partial charge in [0.15, 0.2) is 0 Å². The highest BCUT2D eigenvalue weighted by Gasteiger charge is 2.40. The summed E-state index contributed by atoms with van der Waals surface area (Å²) in [7, 11) is 0.468. The van der Waals surface area contributed by atoms with Gasteiger partial charge in [0.1, 0.15) is 24.1 Å². The summed E-state index contributed by atoms with van der Waals surface area (Å²) in [5, 5.41) is 10.8. The van der Waals surface area contributed by atoms with E-state index >= 15 is 0 Å². The Kier molecular flexibility index (Phi) is 10.7. The van der Waals surface area contributed by atoms with E-state index in [-0.39, 0.29) is 28.6 Å². The Labute approximate surface area is 228 Å². The number of nitrogens with two attached hydrogens (primary N) is 1. The van der Waals surface area contributed by atoms with E-state index in [9.17, 15) is 19.7 Å². The van der Waals surface area contributed by atoms with Gasteiger partial charge in [0.25, 0.3) is 5.69 Å². The maximum atomic E-state index is 13.3. The molecule has 0 amide bonds. The minimum atomic E-state index is -2.31. The highest BCUT2D eigenvalue weighted by molar-refractivity contribution is 7.98. The van der Waals surface area contributed by atoms with E-state index < -0.39 is 31.2 Å². The lowest BCUT2D eigenvalue weighted by atomic mass is 10.1. The summed E-state index contributed by atoms with van der Waals surface area (Å²) in [6.45, 7) is 10.5. The molecule has 0 radical (unpaired) electrons. The number of nitro benzene ring substituents is 1. The fraction of sp³-hybridized carbons (Fsp3) is 0.462. The van der Waals surface area contributed by atoms with Crippen molar-refractivity contribution in [3.05, 3.63) is 63.2 Å². The molecule has 2 N–H and O–H groups in total. The van der Waals surface area contributed by atoms with Crippen LogP contribution < -0.4 is 14.9 Å². The fourth-order valence-electron chi connectivity index (χ4n) is 3.04. The molecule has 0 heterocycles. The molecule has 1 atom stereocenters. The molecule has 38 heavy (non-hydrogen) atoms. The van der Waals surface area contributed by atoms with Crippen molar-refractivity contribution in [2.45, 2.75) is 57.3 Å². The summed E-state index contributed by atoms with van der Waals surface area (Å²) >= 11 is 1.37. The Bertz CT molecular complexity index is 1150. The molecule has 1 unspecified atom stereocenters. The van der Waals surface area contributed by atoms with Crippen LogP contribution in [0.1, 0.15) is 42.3 Å². The van der Waals surface area contributed by atoms with Crippen LogP contribution in [0.5, 0.6) is 11.5 Å². The minimum absolute atomic E-state index is 0.0511. The van der Waals surface area contributed by atoms with Crippen LogP contribution >= 0.6 is 11.8 Å². The normalized spacial score (nSPS) is 12.4. The number of carbonyl (C=O) groups is 2. The molecule has 0 aliphatic rings. The Morgan fingerprint density at radius 1 is 1.13 bits per heavy atom. The third-order valence-corrected chi connectivity index (χ3v) is 11.8. The molecule has 0 aliphatic carbocycles. The van der Waals surface area contributed by atoms with Gasteiger partial charge in [-0.05, 0) is 41.9 Å². The number of methoxy groups -OCH3 is 2. The van der Waals surface area contributed by atoms with Crippen LogP contribution in [0.15, 0.2) is 36.4 Å². The van der Waals surface area contributed by atoms with E-state index in [0.29, 0.717) is 28.4 Å². The highest BCUT2D eigenvalue weighted by atomic mass is 32.2. The summed E-state index contributed by atoms with van der Waals surface area (Å²) in [6.07, 6.45) is 0. The van der Waals surface area contributed by atoms with Crippen molar-refractivity contribution in [3.8, 4) is 11.5 Å². The van der Waals surface area contributed by atoms with Crippen LogP contribution in [-0.4, -0.2) is 51.2 Å². The zero-order valence-corrected chi connectivity index (χ0v) is 24.7. The molecular formula is C26H36N2O8SSi. The number of ether oxygens (including phenoxy) is 3. The molecule has 0 aliphatic heterocycles. The number of nitro groups is 1. The van der Waals surface area contributed by atoms with Crippen molar-refractivity contribution in [1.29, 1.82) is 0 Å². The predicted octanol–water partition coefficient (Wildman–Crippen LogP) is 5.08. The highest BCUT2D eigenvalue weighted by Crippen LogP contribution is 2.41. The van der Waals surface area contributed by atoms with Gasteiger partial charge in [-0.1, -0.05) is 20.8 Å². The monoisotopic (exact) mass is 564 g/mol. The molecule has 0 fully saturated rings. The third-order valence-electron chi connectivity index (χ3n) is 6.37. The maximum Gasteiger partial charge on any atom is 0.339 e. The zero-order chi connectivity index (χ0) is 28.7. The first-order chi connectivity index (χ1) is 17.7. The minimum Gasteiger partial charge on any atom is -0.543 e. The summed E-state index contributed by atoms with van der Waals surface area (Å²) in [5.74, 6) is 0.414. The molecule has 2 aromatic carbocycles. The molecular weight excluding hydrogens is 528 g/mol. The van der Waals surface area contributed by atoms with Crippen molar-refractivity contribution in [2.75, 3.05) is 20.0 Å². The second-order valence-corrected chi connectivity index (χ2v) is 15.9. The lowest BCUT2D eigenvalue weighted by Gasteiger charge is -2.37. The number of thioether (sulfide) groups is 1. The quantitative estimate of drug-likeness (QED) is 0.161. The van der Waals surface area contributed by atoms with Gasteiger partial charge in [-0.15, -0.1) is 0 Å². The van der Waals surface area contributed by atoms with Gasteiger partial charge < -0.3 is 24.4 Å². The lowest BCUT2D eigenvalue weighted by Crippen LogP contribution is -2.44. The molecule has 0 aromatic heterocycles. The number of rotatable bonds is 12. The van der Waals surface area contributed by atoms with Gasteiger partial charge in [-0.2, -0.15) is 11.8 Å². The Morgan fingerprint density at radius 3 is 2.29 bits per heavy atom. The van der Waals surface area contributed by atoms with Crippen molar-refractivity contribution in [3.63, 3.8) is 0 Å². The van der Waals surface area contributed by atoms with E-state index in [0.717, 1.165) is 0 Å². The number of hydrogen-bond acceptors (Lipinski definition) is 10. The molecule has 0 saturated carbocycles. The Morgan fingerprint density at radius 2 is 1.76 bits per heavy atom. The first-order valence-corrected chi connectivity index (χ1v) is 16.0. The van der Waals surface area contributed by atoms with Crippen LogP contribution in [0, 0.1) is 10.1 Å². The zero-order valence-electron chi connectivity index (χ0n) is 22.9. The van der Waals surface area contributed by atoms with E-state index in [1.807, 2.05) is 0 Å². The van der Waals surface area contributed by atoms with E-state index in [4.69, 9.17) is 24.4 Å². The number of non-ortho nitro benzene ring substituents is 1. The van der Waals surface area contributed by atoms with Crippen molar-refractivity contribution < 1.29 is 33.1 Å². The van der Waals surface area contributed by atoms with Crippen LogP contribution in [0.25, 0.3) is 0 Å². The molecule has 0 saturated heterocycles. The smallest absolute Gasteiger partial charge is 0.339 e. The van der Waals surface area contributed by atoms with Crippen LogP contribution in [0.2, 0.25) is 18.1 Å². The van der Waals surface area contributed by atoms with Crippen LogP contribution in [0.3, 0.4) is 0 Å². The number of nitrogens with zero attached hydrogens (tertiary/aromatic N) is 1. The lowest BCUT2D eigenvalue weighted by molar-refractivity contribution is -0.384. The Hall–Kier alpha value is -3.09. The standard InChI is InChI=1S/C26H36N2O8SSi/c1-26(2,3)38(6,7)36-23-13-19(33-4)12-20(21(23)15-37-16-22(27)25(30)34-5)24(29)35-14-17-8-10-18(11-9-17)28(31)32/h8-13,22H,14-16,27H2,1-7H3. The molecule has 2 rings (SSSR count). The summed E-state index contributed by atoms with van der Waals surface area (Å²) in [6, 6.07) is 8.31. The number of esters is 2. The summed E-state index contributed by atoms with van der Waals surface area (Å²) in [5.41, 5.74) is 7.32. The largest absolute Gasteiger partial charge is 0.543 e. The van der Waals surface area contributed by atoms with Crippen LogP contribution in [0.4, 0.5) is 5.69 Å². The van der Waals surface area contributed by atoms with Crippen molar-refractivity contribution in [2.24, 2.45) is 5.73 Å². The van der Waals surface area contributed by atoms with Crippen molar-refractivity contribution in [1.82, 2.24) is 0 Å². The van der Waals surface area contributed by atoms with Gasteiger partial charge in [-0.3, -0.25) is 14.9 Å². The number of carbonyl (C=O) groups excluding carboxylic acids is 2. The van der Waals surface area contributed by atoms with E-state index in [1.54, 1.807) is 12.1 Å². The molecule has 208 valence electrons. The third kappa shape index (κ3) is 8.20. The maximum absolute atomic E-state index is 13.3. The second-order valence-electron chi connectivity index (χ2n) is 10.2. The molecule has 10 nitrogen and oxygen atoms in total. The first kappa shape index (κ1) is 31.1. The van der Waals surface area contributed by atoms with Gasteiger partial charge in [0.2, 0.25) is 8.32 Å².